The number of hydrogen-bond acceptors (Lipinski definition) is 4. The highest BCUT2D eigenvalue weighted by atomic mass is 16.5. The molecule has 4 heteroatoms. The average molecular weight is 256 g/mol. The Morgan fingerprint density at radius 1 is 1.44 bits per heavy atom. The molecular formula is C14H28N2O2. The van der Waals surface area contributed by atoms with Gasteiger partial charge in [-0.15, -0.1) is 0 Å². The number of carbonyl (C=O) groups excluding carboxylic acids is 1. The van der Waals surface area contributed by atoms with E-state index in [1.54, 1.807) is 0 Å². The van der Waals surface area contributed by atoms with Gasteiger partial charge in [0.2, 0.25) is 0 Å². The van der Waals surface area contributed by atoms with Crippen LogP contribution in [0.25, 0.3) is 0 Å². The molecule has 1 aliphatic heterocycles. The summed E-state index contributed by atoms with van der Waals surface area (Å²) < 4.78 is 4.88. The normalized spacial score (nSPS) is 26.9. The molecule has 0 saturated carbocycles. The molecule has 1 N–H and O–H groups in total. The van der Waals surface area contributed by atoms with Crippen LogP contribution >= 0.6 is 0 Å². The number of nitrogens with one attached hydrogen (secondary N) is 1. The van der Waals surface area contributed by atoms with Gasteiger partial charge in [0.15, 0.2) is 0 Å². The monoisotopic (exact) mass is 256 g/mol. The van der Waals surface area contributed by atoms with Crippen LogP contribution in [0.5, 0.6) is 0 Å². The molecule has 1 saturated heterocycles. The largest absolute Gasteiger partial charge is 0.468 e. The van der Waals surface area contributed by atoms with Crippen molar-refractivity contribution in [1.82, 2.24) is 10.2 Å². The number of piperidine rings is 1. The second kappa shape index (κ2) is 7.74. The highest BCUT2D eigenvalue weighted by Gasteiger charge is 2.28. The molecule has 0 amide bonds. The number of likely N-dealkylation sites (tertiary alicyclic amines) is 1. The fourth-order valence-electron chi connectivity index (χ4n) is 2.55. The van der Waals surface area contributed by atoms with Gasteiger partial charge in [0.25, 0.3) is 0 Å². The van der Waals surface area contributed by atoms with Crippen LogP contribution in [0, 0.1) is 5.92 Å². The maximum absolute atomic E-state index is 11.8. The highest BCUT2D eigenvalue weighted by Crippen LogP contribution is 2.21. The summed E-state index contributed by atoms with van der Waals surface area (Å²) >= 11 is 0. The lowest BCUT2D eigenvalue weighted by molar-refractivity contribution is -0.144. The fourth-order valence-corrected chi connectivity index (χ4v) is 2.55. The van der Waals surface area contributed by atoms with Gasteiger partial charge in [0.1, 0.15) is 6.04 Å². The number of esters is 1. The third-order valence-electron chi connectivity index (χ3n) is 3.79. The van der Waals surface area contributed by atoms with E-state index in [1.807, 2.05) is 0 Å². The zero-order chi connectivity index (χ0) is 13.5. The predicted molar refractivity (Wildman–Crippen MR) is 73.5 cm³/mol. The van der Waals surface area contributed by atoms with Crippen molar-refractivity contribution in [3.63, 3.8) is 0 Å². The van der Waals surface area contributed by atoms with Crippen LogP contribution in [0.1, 0.15) is 40.0 Å². The summed E-state index contributed by atoms with van der Waals surface area (Å²) in [5.41, 5.74) is 0. The van der Waals surface area contributed by atoms with Crippen LogP contribution in [0.15, 0.2) is 0 Å². The lowest BCUT2D eigenvalue weighted by Crippen LogP contribution is -2.51. The van der Waals surface area contributed by atoms with E-state index in [4.69, 9.17) is 4.74 Å². The molecule has 18 heavy (non-hydrogen) atoms. The number of ether oxygens (including phenoxy) is 1. The van der Waals surface area contributed by atoms with Gasteiger partial charge >= 0.3 is 5.97 Å². The quantitative estimate of drug-likeness (QED) is 0.734. The molecule has 0 bridgehead atoms. The summed E-state index contributed by atoms with van der Waals surface area (Å²) in [5, 5.41) is 3.29. The van der Waals surface area contributed by atoms with Crippen molar-refractivity contribution in [2.45, 2.75) is 52.1 Å². The summed E-state index contributed by atoms with van der Waals surface area (Å²) in [6, 6.07) is 0.375. The van der Waals surface area contributed by atoms with E-state index in [2.05, 4.69) is 31.0 Å². The van der Waals surface area contributed by atoms with Crippen molar-refractivity contribution >= 4 is 5.97 Å². The number of nitrogens with zero attached hydrogens (tertiary/aromatic N) is 1. The van der Waals surface area contributed by atoms with Gasteiger partial charge in [-0.05, 0) is 38.6 Å². The Hall–Kier alpha value is -0.610. The molecule has 106 valence electrons. The molecular weight excluding hydrogens is 228 g/mol. The van der Waals surface area contributed by atoms with E-state index in [9.17, 15) is 4.79 Å². The zero-order valence-corrected chi connectivity index (χ0v) is 12.2. The molecule has 0 aromatic carbocycles. The van der Waals surface area contributed by atoms with E-state index in [0.29, 0.717) is 6.04 Å². The van der Waals surface area contributed by atoms with Gasteiger partial charge < -0.3 is 10.1 Å². The third-order valence-corrected chi connectivity index (χ3v) is 3.79. The highest BCUT2D eigenvalue weighted by molar-refractivity contribution is 5.75. The van der Waals surface area contributed by atoms with E-state index in [0.717, 1.165) is 32.0 Å². The molecule has 0 radical (unpaired) electrons. The third kappa shape index (κ3) is 4.58. The Balaban J connectivity index is 2.54. The molecule has 1 rings (SSSR count). The Morgan fingerprint density at radius 3 is 2.78 bits per heavy atom. The first-order valence-electron chi connectivity index (χ1n) is 7.13. The lowest BCUT2D eigenvalue weighted by Gasteiger charge is -2.38. The van der Waals surface area contributed by atoms with E-state index >= 15 is 0 Å². The zero-order valence-electron chi connectivity index (χ0n) is 12.2. The summed E-state index contributed by atoms with van der Waals surface area (Å²) in [6.07, 6.45) is 3.55. The van der Waals surface area contributed by atoms with Crippen LogP contribution in [-0.4, -0.2) is 49.7 Å². The van der Waals surface area contributed by atoms with Gasteiger partial charge in [-0.2, -0.15) is 0 Å². The number of hydrogen-bond donors (Lipinski definition) is 1. The van der Waals surface area contributed by atoms with Crippen molar-refractivity contribution in [2.24, 2.45) is 5.92 Å². The minimum absolute atomic E-state index is 0.145. The van der Waals surface area contributed by atoms with Crippen molar-refractivity contribution in [3.05, 3.63) is 0 Å². The number of rotatable bonds is 6. The smallest absolute Gasteiger partial charge is 0.324 e. The van der Waals surface area contributed by atoms with Crippen molar-refractivity contribution < 1.29 is 9.53 Å². The number of methoxy groups -OCH3 is 1. The van der Waals surface area contributed by atoms with Gasteiger partial charge in [0, 0.05) is 19.1 Å². The maximum Gasteiger partial charge on any atom is 0.324 e. The first-order chi connectivity index (χ1) is 8.58. The van der Waals surface area contributed by atoms with Crippen molar-refractivity contribution in [2.75, 3.05) is 26.7 Å². The molecule has 3 unspecified atom stereocenters. The maximum atomic E-state index is 11.8. The van der Waals surface area contributed by atoms with E-state index in [1.165, 1.54) is 20.0 Å². The Bertz CT molecular complexity index is 258. The van der Waals surface area contributed by atoms with Crippen LogP contribution in [0.3, 0.4) is 0 Å². The van der Waals surface area contributed by atoms with Gasteiger partial charge in [-0.3, -0.25) is 9.69 Å². The molecule has 1 aliphatic rings. The molecule has 1 fully saturated rings. The summed E-state index contributed by atoms with van der Waals surface area (Å²) in [4.78, 5) is 14.2. The van der Waals surface area contributed by atoms with Crippen LogP contribution in [0.4, 0.5) is 0 Å². The SMILES string of the molecule is CCCNC(CN1CC(C)CCC1C)C(=O)OC. The summed E-state index contributed by atoms with van der Waals surface area (Å²) in [6.45, 7) is 9.34. The standard InChI is InChI=1S/C14H28N2O2/c1-5-8-15-13(14(17)18-4)10-16-9-11(2)6-7-12(16)3/h11-13,15H,5-10H2,1-4H3. The summed E-state index contributed by atoms with van der Waals surface area (Å²) in [7, 11) is 1.46. The van der Waals surface area contributed by atoms with E-state index in [-0.39, 0.29) is 12.0 Å². The minimum Gasteiger partial charge on any atom is -0.468 e. The second-order valence-corrected chi connectivity index (χ2v) is 5.52. The number of carbonyl (C=O) groups is 1. The van der Waals surface area contributed by atoms with Crippen LogP contribution in [-0.2, 0) is 9.53 Å². The van der Waals surface area contributed by atoms with Crippen LogP contribution in [0.2, 0.25) is 0 Å². The lowest BCUT2D eigenvalue weighted by atomic mass is 9.94. The first kappa shape index (κ1) is 15.4. The molecule has 0 aliphatic carbocycles. The molecule has 0 aromatic heterocycles. The topological polar surface area (TPSA) is 41.6 Å². The van der Waals surface area contributed by atoms with Gasteiger partial charge in [0.05, 0.1) is 7.11 Å². The molecule has 0 spiro atoms. The van der Waals surface area contributed by atoms with E-state index < -0.39 is 0 Å². The second-order valence-electron chi connectivity index (χ2n) is 5.52. The van der Waals surface area contributed by atoms with Gasteiger partial charge in [-0.25, -0.2) is 0 Å². The Labute approximate surface area is 111 Å². The average Bonchev–Trinajstić information content (AvgIpc) is 2.37. The van der Waals surface area contributed by atoms with Gasteiger partial charge in [-0.1, -0.05) is 13.8 Å². The Morgan fingerprint density at radius 2 is 2.17 bits per heavy atom. The predicted octanol–water partition coefficient (Wildman–Crippen LogP) is 1.65. The first-order valence-corrected chi connectivity index (χ1v) is 7.13. The molecule has 1 heterocycles. The fraction of sp³-hybridized carbons (Fsp3) is 0.929. The minimum atomic E-state index is -0.192. The Kier molecular flexibility index (Phi) is 6.65. The molecule has 3 atom stereocenters. The summed E-state index contributed by atoms with van der Waals surface area (Å²) in [5.74, 6) is 0.583. The van der Waals surface area contributed by atoms with Crippen LogP contribution < -0.4 is 5.32 Å². The molecule has 4 nitrogen and oxygen atoms in total. The van der Waals surface area contributed by atoms with Crippen molar-refractivity contribution in [1.29, 1.82) is 0 Å². The molecule has 0 aromatic rings. The van der Waals surface area contributed by atoms with Crippen molar-refractivity contribution in [3.8, 4) is 0 Å².